The molecule has 6 heteroatoms. The number of nitrogens with one attached hydrogen (secondary N) is 1. The lowest BCUT2D eigenvalue weighted by Gasteiger charge is -2.32. The largest absolute Gasteiger partial charge is 0.497 e. The SMILES string of the molecule is COc1cc(NC2CCN(CCN)CC2)cc(OC)c1.Cl. The molecule has 0 amide bonds. The van der Waals surface area contributed by atoms with E-state index < -0.39 is 0 Å². The van der Waals surface area contributed by atoms with E-state index in [1.807, 2.05) is 18.2 Å². The molecule has 0 spiro atoms. The number of likely N-dealkylation sites (tertiary alicyclic amines) is 1. The van der Waals surface area contributed by atoms with E-state index in [0.717, 1.165) is 56.2 Å². The molecule has 2 rings (SSSR count). The second-order valence-corrected chi connectivity index (χ2v) is 5.15. The van der Waals surface area contributed by atoms with E-state index in [9.17, 15) is 0 Å². The number of nitrogens with zero attached hydrogens (tertiary/aromatic N) is 1. The van der Waals surface area contributed by atoms with Gasteiger partial charge < -0.3 is 25.4 Å². The lowest BCUT2D eigenvalue weighted by Crippen LogP contribution is -2.41. The summed E-state index contributed by atoms with van der Waals surface area (Å²) in [6.07, 6.45) is 2.28. The van der Waals surface area contributed by atoms with Crippen LogP contribution >= 0.6 is 12.4 Å². The molecule has 1 saturated heterocycles. The Balaban J connectivity index is 0.00000220. The summed E-state index contributed by atoms with van der Waals surface area (Å²) in [5.41, 5.74) is 6.65. The van der Waals surface area contributed by atoms with Gasteiger partial charge >= 0.3 is 0 Å². The van der Waals surface area contributed by atoms with Gasteiger partial charge in [-0.1, -0.05) is 0 Å². The fourth-order valence-electron chi connectivity index (χ4n) is 2.61. The smallest absolute Gasteiger partial charge is 0.124 e. The van der Waals surface area contributed by atoms with E-state index >= 15 is 0 Å². The highest BCUT2D eigenvalue weighted by Gasteiger charge is 2.18. The first-order valence-electron chi connectivity index (χ1n) is 7.17. The molecular formula is C15H26ClN3O2. The molecule has 21 heavy (non-hydrogen) atoms. The maximum Gasteiger partial charge on any atom is 0.124 e. The van der Waals surface area contributed by atoms with Crippen LogP contribution in [0.5, 0.6) is 11.5 Å². The van der Waals surface area contributed by atoms with Crippen LogP contribution in [0.25, 0.3) is 0 Å². The topological polar surface area (TPSA) is 59.8 Å². The van der Waals surface area contributed by atoms with Crippen molar-refractivity contribution in [1.82, 2.24) is 4.90 Å². The Morgan fingerprint density at radius 1 is 1.14 bits per heavy atom. The van der Waals surface area contributed by atoms with Crippen LogP contribution in [0.2, 0.25) is 0 Å². The summed E-state index contributed by atoms with van der Waals surface area (Å²) in [5.74, 6) is 1.62. The maximum atomic E-state index is 5.60. The van der Waals surface area contributed by atoms with Crippen LogP contribution < -0.4 is 20.5 Å². The van der Waals surface area contributed by atoms with E-state index in [4.69, 9.17) is 15.2 Å². The molecule has 3 N–H and O–H groups in total. The van der Waals surface area contributed by atoms with E-state index in [-0.39, 0.29) is 12.4 Å². The van der Waals surface area contributed by atoms with Gasteiger partial charge in [0.25, 0.3) is 0 Å². The average molecular weight is 316 g/mol. The molecule has 0 bridgehead atoms. The molecule has 0 aromatic heterocycles. The molecule has 1 heterocycles. The Hall–Kier alpha value is -1.17. The second kappa shape index (κ2) is 8.97. The van der Waals surface area contributed by atoms with Crippen molar-refractivity contribution in [3.63, 3.8) is 0 Å². The minimum Gasteiger partial charge on any atom is -0.497 e. The Bertz CT molecular complexity index is 401. The van der Waals surface area contributed by atoms with E-state index in [2.05, 4.69) is 10.2 Å². The minimum absolute atomic E-state index is 0. The van der Waals surface area contributed by atoms with Gasteiger partial charge in [0.2, 0.25) is 0 Å². The fourth-order valence-corrected chi connectivity index (χ4v) is 2.61. The number of anilines is 1. The van der Waals surface area contributed by atoms with E-state index in [1.165, 1.54) is 0 Å². The molecule has 1 aliphatic rings. The Kier molecular flexibility index (Phi) is 7.64. The van der Waals surface area contributed by atoms with Gasteiger partial charge in [0.15, 0.2) is 0 Å². The maximum absolute atomic E-state index is 5.60. The highest BCUT2D eigenvalue weighted by Crippen LogP contribution is 2.27. The summed E-state index contributed by atoms with van der Waals surface area (Å²) in [6, 6.07) is 6.40. The third-order valence-corrected chi connectivity index (χ3v) is 3.76. The Labute approximate surface area is 133 Å². The van der Waals surface area contributed by atoms with Crippen molar-refractivity contribution in [2.75, 3.05) is 45.7 Å². The lowest BCUT2D eigenvalue weighted by atomic mass is 10.0. The molecular weight excluding hydrogens is 290 g/mol. The van der Waals surface area contributed by atoms with Gasteiger partial charge in [-0.05, 0) is 12.8 Å². The normalized spacial score (nSPS) is 16.1. The predicted molar refractivity (Wildman–Crippen MR) is 88.9 cm³/mol. The number of nitrogens with two attached hydrogens (primary N) is 1. The van der Waals surface area contributed by atoms with Crippen LogP contribution in [0.15, 0.2) is 18.2 Å². The highest BCUT2D eigenvalue weighted by atomic mass is 35.5. The first kappa shape index (κ1) is 17.9. The number of hydrogen-bond acceptors (Lipinski definition) is 5. The zero-order chi connectivity index (χ0) is 14.4. The Morgan fingerprint density at radius 3 is 2.19 bits per heavy atom. The summed E-state index contributed by atoms with van der Waals surface area (Å²) in [4.78, 5) is 2.42. The van der Waals surface area contributed by atoms with Crippen molar-refractivity contribution in [2.45, 2.75) is 18.9 Å². The second-order valence-electron chi connectivity index (χ2n) is 5.15. The summed E-state index contributed by atoms with van der Waals surface area (Å²) < 4.78 is 10.6. The Morgan fingerprint density at radius 2 is 1.71 bits per heavy atom. The van der Waals surface area contributed by atoms with E-state index in [1.54, 1.807) is 14.2 Å². The van der Waals surface area contributed by atoms with Crippen molar-refractivity contribution >= 4 is 18.1 Å². The number of halogens is 1. The number of rotatable bonds is 6. The number of hydrogen-bond donors (Lipinski definition) is 2. The number of piperidine rings is 1. The van der Waals surface area contributed by atoms with Crippen molar-refractivity contribution in [1.29, 1.82) is 0 Å². The van der Waals surface area contributed by atoms with Crippen LogP contribution in [-0.2, 0) is 0 Å². The van der Waals surface area contributed by atoms with Crippen LogP contribution in [0.1, 0.15) is 12.8 Å². The number of ether oxygens (including phenoxy) is 2. The van der Waals surface area contributed by atoms with Crippen molar-refractivity contribution in [2.24, 2.45) is 5.73 Å². The van der Waals surface area contributed by atoms with Gasteiger partial charge in [-0.3, -0.25) is 0 Å². The highest BCUT2D eigenvalue weighted by molar-refractivity contribution is 5.85. The van der Waals surface area contributed by atoms with Crippen LogP contribution in [0.4, 0.5) is 5.69 Å². The molecule has 5 nitrogen and oxygen atoms in total. The monoisotopic (exact) mass is 315 g/mol. The predicted octanol–water partition coefficient (Wildman–Crippen LogP) is 1.96. The van der Waals surface area contributed by atoms with Crippen LogP contribution in [0, 0.1) is 0 Å². The lowest BCUT2D eigenvalue weighted by molar-refractivity contribution is 0.224. The number of methoxy groups -OCH3 is 2. The molecule has 1 aliphatic heterocycles. The van der Waals surface area contributed by atoms with Crippen molar-refractivity contribution < 1.29 is 9.47 Å². The average Bonchev–Trinajstić information content (AvgIpc) is 2.49. The van der Waals surface area contributed by atoms with Crippen molar-refractivity contribution in [3.8, 4) is 11.5 Å². The van der Waals surface area contributed by atoms with Crippen LogP contribution in [-0.4, -0.2) is 51.3 Å². The molecule has 0 saturated carbocycles. The zero-order valence-corrected chi connectivity index (χ0v) is 13.6. The van der Waals surface area contributed by atoms with Gasteiger partial charge in [0.05, 0.1) is 14.2 Å². The van der Waals surface area contributed by atoms with Gasteiger partial charge in [0.1, 0.15) is 11.5 Å². The molecule has 0 radical (unpaired) electrons. The van der Waals surface area contributed by atoms with Crippen LogP contribution in [0.3, 0.4) is 0 Å². The van der Waals surface area contributed by atoms with E-state index in [0.29, 0.717) is 6.04 Å². The number of benzene rings is 1. The third-order valence-electron chi connectivity index (χ3n) is 3.76. The minimum atomic E-state index is 0. The summed E-state index contributed by atoms with van der Waals surface area (Å²) >= 11 is 0. The summed E-state index contributed by atoms with van der Waals surface area (Å²) in [6.45, 7) is 3.96. The van der Waals surface area contributed by atoms with Gasteiger partial charge in [-0.25, -0.2) is 0 Å². The molecule has 0 unspecified atom stereocenters. The molecule has 1 fully saturated rings. The van der Waals surface area contributed by atoms with Gasteiger partial charge in [-0.2, -0.15) is 0 Å². The summed E-state index contributed by atoms with van der Waals surface area (Å²) in [7, 11) is 3.34. The van der Waals surface area contributed by atoms with Gasteiger partial charge in [-0.15, -0.1) is 12.4 Å². The van der Waals surface area contributed by atoms with Gasteiger partial charge in [0, 0.05) is 56.1 Å². The summed E-state index contributed by atoms with van der Waals surface area (Å²) in [5, 5.41) is 3.58. The molecule has 1 aromatic rings. The molecule has 1 aromatic carbocycles. The first-order chi connectivity index (χ1) is 9.75. The fraction of sp³-hybridized carbons (Fsp3) is 0.600. The van der Waals surface area contributed by atoms with Crippen molar-refractivity contribution in [3.05, 3.63) is 18.2 Å². The quantitative estimate of drug-likeness (QED) is 0.840. The standard InChI is InChI=1S/C15H25N3O2.ClH/c1-19-14-9-13(10-15(11-14)20-2)17-12-3-6-18(7-4-12)8-5-16;/h9-12,17H,3-8,16H2,1-2H3;1H. The molecule has 0 atom stereocenters. The first-order valence-corrected chi connectivity index (χ1v) is 7.17. The molecule has 0 aliphatic carbocycles. The zero-order valence-electron chi connectivity index (χ0n) is 12.8. The third kappa shape index (κ3) is 5.26. The molecule has 120 valence electrons.